The Kier molecular flexibility index (Phi) is 7.08. The molecule has 0 aliphatic rings. The molecule has 150 valence electrons. The normalized spacial score (nSPS) is 10.2. The molecule has 0 heterocycles. The van der Waals surface area contributed by atoms with Crippen LogP contribution in [0.5, 0.6) is 23.0 Å². The quantitative estimate of drug-likeness (QED) is 0.708. The largest absolute Gasteiger partial charge is 0.493 e. The lowest BCUT2D eigenvalue weighted by atomic mass is 10.1. The van der Waals surface area contributed by atoms with Gasteiger partial charge < -0.3 is 18.9 Å². The molecule has 0 aliphatic carbocycles. The van der Waals surface area contributed by atoms with Crippen molar-refractivity contribution in [1.29, 1.82) is 0 Å². The van der Waals surface area contributed by atoms with Crippen LogP contribution in [0.2, 0.25) is 0 Å². The Morgan fingerprint density at radius 2 is 1.39 bits per heavy atom. The maximum atomic E-state index is 12.5. The number of hydrogen-bond acceptors (Lipinski definition) is 6. The first kappa shape index (κ1) is 20.9. The van der Waals surface area contributed by atoms with Crippen molar-refractivity contribution in [2.45, 2.75) is 20.0 Å². The van der Waals surface area contributed by atoms with Crippen LogP contribution in [0.4, 0.5) is 0 Å². The molecule has 2 N–H and O–H groups in total. The second-order valence-electron chi connectivity index (χ2n) is 5.99. The second-order valence-corrected chi connectivity index (χ2v) is 5.99. The number of carbonyl (C=O) groups excluding carboxylic acids is 2. The number of methoxy groups -OCH3 is 3. The lowest BCUT2D eigenvalue weighted by Gasteiger charge is -2.15. The Labute approximate surface area is 163 Å². The molecule has 0 bridgehead atoms. The molecular formula is C20H24N2O6. The molecule has 0 aliphatic heterocycles. The third-order valence-electron chi connectivity index (χ3n) is 3.71. The van der Waals surface area contributed by atoms with Gasteiger partial charge in [-0.2, -0.15) is 0 Å². The summed E-state index contributed by atoms with van der Waals surface area (Å²) in [6.45, 7) is 3.72. The molecule has 0 unspecified atom stereocenters. The molecule has 2 rings (SSSR count). The standard InChI is InChI=1S/C20H24N2O6/c1-12(2)28-15-9-7-6-8-14(15)20(24)22-21-19(23)13-10-16(25-3)18(27-5)17(11-13)26-4/h6-12H,1-5H3,(H,21,23)(H,22,24). The van der Waals surface area contributed by atoms with Crippen molar-refractivity contribution in [2.75, 3.05) is 21.3 Å². The van der Waals surface area contributed by atoms with Gasteiger partial charge in [0, 0.05) is 5.56 Å². The molecule has 0 aromatic heterocycles. The zero-order valence-corrected chi connectivity index (χ0v) is 16.5. The van der Waals surface area contributed by atoms with E-state index in [0.717, 1.165) is 0 Å². The predicted octanol–water partition coefficient (Wildman–Crippen LogP) is 2.57. The second kappa shape index (κ2) is 9.50. The fraction of sp³-hybridized carbons (Fsp3) is 0.300. The van der Waals surface area contributed by atoms with E-state index in [1.807, 2.05) is 13.8 Å². The number of benzene rings is 2. The Hall–Kier alpha value is -3.42. The third kappa shape index (κ3) is 4.85. The van der Waals surface area contributed by atoms with Crippen LogP contribution in [-0.4, -0.2) is 39.2 Å². The number of para-hydroxylation sites is 1. The molecule has 8 heteroatoms. The van der Waals surface area contributed by atoms with Crippen molar-refractivity contribution in [3.05, 3.63) is 47.5 Å². The van der Waals surface area contributed by atoms with Crippen molar-refractivity contribution in [3.8, 4) is 23.0 Å². The predicted molar refractivity (Wildman–Crippen MR) is 103 cm³/mol. The lowest BCUT2D eigenvalue weighted by molar-refractivity contribution is 0.0843. The number of hydrogen-bond donors (Lipinski definition) is 2. The van der Waals surface area contributed by atoms with Crippen molar-refractivity contribution >= 4 is 11.8 Å². The van der Waals surface area contributed by atoms with E-state index in [0.29, 0.717) is 28.6 Å². The smallest absolute Gasteiger partial charge is 0.273 e. The van der Waals surface area contributed by atoms with Gasteiger partial charge in [-0.15, -0.1) is 0 Å². The van der Waals surface area contributed by atoms with E-state index in [2.05, 4.69) is 10.9 Å². The van der Waals surface area contributed by atoms with Gasteiger partial charge in [0.25, 0.3) is 11.8 Å². The number of rotatable bonds is 7. The molecule has 2 aromatic rings. The Morgan fingerprint density at radius 1 is 0.821 bits per heavy atom. The van der Waals surface area contributed by atoms with Crippen LogP contribution in [0.25, 0.3) is 0 Å². The molecule has 2 aromatic carbocycles. The van der Waals surface area contributed by atoms with Gasteiger partial charge >= 0.3 is 0 Å². The maximum absolute atomic E-state index is 12.5. The average molecular weight is 388 g/mol. The molecule has 0 radical (unpaired) electrons. The minimum Gasteiger partial charge on any atom is -0.493 e. The van der Waals surface area contributed by atoms with Crippen LogP contribution < -0.4 is 29.8 Å². The van der Waals surface area contributed by atoms with Crippen LogP contribution in [0.1, 0.15) is 34.6 Å². The first-order chi connectivity index (χ1) is 13.4. The van der Waals surface area contributed by atoms with Gasteiger partial charge in [-0.3, -0.25) is 20.4 Å². The summed E-state index contributed by atoms with van der Waals surface area (Å²) in [4.78, 5) is 24.9. The summed E-state index contributed by atoms with van der Waals surface area (Å²) in [6, 6.07) is 9.75. The van der Waals surface area contributed by atoms with Gasteiger partial charge in [0.2, 0.25) is 5.75 Å². The molecule has 0 fully saturated rings. The van der Waals surface area contributed by atoms with Crippen LogP contribution in [0.3, 0.4) is 0 Å². The summed E-state index contributed by atoms with van der Waals surface area (Å²) in [7, 11) is 4.37. The molecule has 0 saturated carbocycles. The SMILES string of the molecule is COc1cc(C(=O)NNC(=O)c2ccccc2OC(C)C)cc(OC)c1OC. The Morgan fingerprint density at radius 3 is 1.93 bits per heavy atom. The highest BCUT2D eigenvalue weighted by molar-refractivity contribution is 6.01. The van der Waals surface area contributed by atoms with Crippen LogP contribution in [0.15, 0.2) is 36.4 Å². The molecule has 2 amide bonds. The van der Waals surface area contributed by atoms with Gasteiger partial charge in [-0.25, -0.2) is 0 Å². The van der Waals surface area contributed by atoms with E-state index in [4.69, 9.17) is 18.9 Å². The summed E-state index contributed by atoms with van der Waals surface area (Å²) in [5.74, 6) is 0.400. The number of hydrazine groups is 1. The van der Waals surface area contributed by atoms with E-state index < -0.39 is 11.8 Å². The molecule has 28 heavy (non-hydrogen) atoms. The fourth-order valence-electron chi connectivity index (χ4n) is 2.48. The highest BCUT2D eigenvalue weighted by Crippen LogP contribution is 2.38. The first-order valence-corrected chi connectivity index (χ1v) is 8.57. The zero-order chi connectivity index (χ0) is 20.7. The monoisotopic (exact) mass is 388 g/mol. The summed E-state index contributed by atoms with van der Waals surface area (Å²) < 4.78 is 21.3. The number of ether oxygens (including phenoxy) is 4. The minimum absolute atomic E-state index is 0.0947. The summed E-state index contributed by atoms with van der Waals surface area (Å²) in [5.41, 5.74) is 5.29. The average Bonchev–Trinajstić information content (AvgIpc) is 2.70. The molecule has 0 atom stereocenters. The van der Waals surface area contributed by atoms with Gasteiger partial charge in [-0.1, -0.05) is 12.1 Å². The third-order valence-corrected chi connectivity index (χ3v) is 3.71. The highest BCUT2D eigenvalue weighted by Gasteiger charge is 2.18. The minimum atomic E-state index is -0.546. The van der Waals surface area contributed by atoms with Gasteiger partial charge in [0.15, 0.2) is 11.5 Å². The Balaban J connectivity index is 2.15. The zero-order valence-electron chi connectivity index (χ0n) is 16.5. The fourth-order valence-corrected chi connectivity index (χ4v) is 2.48. The number of amides is 2. The van der Waals surface area contributed by atoms with Crippen molar-refractivity contribution in [2.24, 2.45) is 0 Å². The molecular weight excluding hydrogens is 364 g/mol. The van der Waals surface area contributed by atoms with E-state index >= 15 is 0 Å². The molecule has 8 nitrogen and oxygen atoms in total. The Bertz CT molecular complexity index is 825. The molecule has 0 saturated heterocycles. The summed E-state index contributed by atoms with van der Waals surface area (Å²) >= 11 is 0. The number of nitrogens with one attached hydrogen (secondary N) is 2. The van der Waals surface area contributed by atoms with Gasteiger partial charge in [0.1, 0.15) is 5.75 Å². The summed E-state index contributed by atoms with van der Waals surface area (Å²) in [6.07, 6.45) is -0.0947. The topological polar surface area (TPSA) is 95.1 Å². The molecule has 0 spiro atoms. The van der Waals surface area contributed by atoms with Gasteiger partial charge in [-0.05, 0) is 38.1 Å². The lowest BCUT2D eigenvalue weighted by Crippen LogP contribution is -2.41. The van der Waals surface area contributed by atoms with Crippen LogP contribution in [-0.2, 0) is 0 Å². The van der Waals surface area contributed by atoms with E-state index in [9.17, 15) is 9.59 Å². The highest BCUT2D eigenvalue weighted by atomic mass is 16.5. The number of carbonyl (C=O) groups is 2. The first-order valence-electron chi connectivity index (χ1n) is 8.57. The van der Waals surface area contributed by atoms with E-state index in [1.54, 1.807) is 24.3 Å². The maximum Gasteiger partial charge on any atom is 0.273 e. The van der Waals surface area contributed by atoms with Crippen molar-refractivity contribution in [1.82, 2.24) is 10.9 Å². The van der Waals surface area contributed by atoms with Crippen molar-refractivity contribution in [3.63, 3.8) is 0 Å². The van der Waals surface area contributed by atoms with Crippen molar-refractivity contribution < 1.29 is 28.5 Å². The summed E-state index contributed by atoms with van der Waals surface area (Å²) in [5, 5.41) is 0. The van der Waals surface area contributed by atoms with E-state index in [-0.39, 0.29) is 11.7 Å². The van der Waals surface area contributed by atoms with Gasteiger partial charge in [0.05, 0.1) is 33.0 Å². The van der Waals surface area contributed by atoms with Crippen LogP contribution in [0, 0.1) is 0 Å². The van der Waals surface area contributed by atoms with E-state index in [1.165, 1.54) is 33.5 Å². The van der Waals surface area contributed by atoms with Crippen LogP contribution >= 0.6 is 0 Å².